The number of nitrogens with zero attached hydrogens (tertiary/aromatic N) is 1. The molecule has 0 aliphatic carbocycles. The lowest BCUT2D eigenvalue weighted by Gasteiger charge is -2.25. The Labute approximate surface area is 157 Å². The van der Waals surface area contributed by atoms with Gasteiger partial charge in [0.2, 0.25) is 5.91 Å². The molecule has 0 bridgehead atoms. The number of hydrogen-bond acceptors (Lipinski definition) is 4. The van der Waals surface area contributed by atoms with Crippen LogP contribution in [0, 0.1) is 11.3 Å². The van der Waals surface area contributed by atoms with Crippen LogP contribution in [0.15, 0.2) is 65.2 Å². The molecule has 26 heavy (non-hydrogen) atoms. The molecule has 1 aliphatic heterocycles. The maximum Gasteiger partial charge on any atom is 0.225 e. The molecular weight excluding hydrogens is 344 g/mol. The standard InChI is InChI=1S/C21H20N2O2S/c1-2-25-17-10-8-16(9-11-17)18-12-20(24)23-21(19(18)13-22)26-14-15-6-4-3-5-7-15/h3-11,18H,2,12,14H2,1H3,(H,23,24)/t18-/m1/s1. The van der Waals surface area contributed by atoms with Crippen LogP contribution in [0.1, 0.15) is 30.4 Å². The van der Waals surface area contributed by atoms with E-state index in [4.69, 9.17) is 4.74 Å². The normalized spacial score (nSPS) is 16.8. The molecule has 0 saturated heterocycles. The van der Waals surface area contributed by atoms with Crippen molar-refractivity contribution in [2.45, 2.75) is 25.0 Å². The number of thioether (sulfide) groups is 1. The monoisotopic (exact) mass is 364 g/mol. The lowest BCUT2D eigenvalue weighted by Crippen LogP contribution is -2.30. The highest BCUT2D eigenvalue weighted by Crippen LogP contribution is 2.37. The van der Waals surface area contributed by atoms with E-state index in [0.717, 1.165) is 16.9 Å². The van der Waals surface area contributed by atoms with Crippen LogP contribution < -0.4 is 10.1 Å². The zero-order valence-electron chi connectivity index (χ0n) is 14.6. The summed E-state index contributed by atoms with van der Waals surface area (Å²) in [5.41, 5.74) is 2.73. The number of carbonyl (C=O) groups excluding carboxylic acids is 1. The van der Waals surface area contributed by atoms with Gasteiger partial charge in [-0.3, -0.25) is 4.79 Å². The molecule has 1 N–H and O–H groups in total. The van der Waals surface area contributed by atoms with Gasteiger partial charge in [-0.15, -0.1) is 11.8 Å². The first-order valence-corrected chi connectivity index (χ1v) is 9.53. The Morgan fingerprint density at radius 1 is 1.19 bits per heavy atom. The van der Waals surface area contributed by atoms with Crippen molar-refractivity contribution in [1.29, 1.82) is 5.26 Å². The molecule has 0 fully saturated rings. The quantitative estimate of drug-likeness (QED) is 0.827. The summed E-state index contributed by atoms with van der Waals surface area (Å²) in [5, 5.41) is 13.3. The lowest BCUT2D eigenvalue weighted by atomic mass is 9.87. The zero-order chi connectivity index (χ0) is 18.4. The maximum atomic E-state index is 12.2. The number of benzene rings is 2. The van der Waals surface area contributed by atoms with Crippen molar-refractivity contribution < 1.29 is 9.53 Å². The molecule has 1 atom stereocenters. The molecule has 4 nitrogen and oxygen atoms in total. The van der Waals surface area contributed by atoms with Crippen LogP contribution in [-0.4, -0.2) is 12.5 Å². The average Bonchev–Trinajstić information content (AvgIpc) is 2.67. The predicted molar refractivity (Wildman–Crippen MR) is 103 cm³/mol. The Bertz CT molecular complexity index is 839. The number of nitriles is 1. The van der Waals surface area contributed by atoms with Gasteiger partial charge >= 0.3 is 0 Å². The maximum absolute atomic E-state index is 12.2. The topological polar surface area (TPSA) is 62.1 Å². The second-order valence-electron chi connectivity index (χ2n) is 5.94. The molecule has 1 aliphatic rings. The SMILES string of the molecule is CCOc1ccc([C@H]2CC(=O)NC(SCc3ccccc3)=C2C#N)cc1. The van der Waals surface area contributed by atoms with E-state index in [0.29, 0.717) is 23.0 Å². The predicted octanol–water partition coefficient (Wildman–Crippen LogP) is 4.36. The van der Waals surface area contributed by atoms with E-state index < -0.39 is 0 Å². The number of hydrogen-bond donors (Lipinski definition) is 1. The van der Waals surface area contributed by atoms with E-state index in [2.05, 4.69) is 11.4 Å². The summed E-state index contributed by atoms with van der Waals surface area (Å²) < 4.78 is 5.47. The summed E-state index contributed by atoms with van der Waals surface area (Å²) in [6, 6.07) is 20.0. The average molecular weight is 364 g/mol. The highest BCUT2D eigenvalue weighted by molar-refractivity contribution is 8.02. The first kappa shape index (κ1) is 18.1. The van der Waals surface area contributed by atoms with Gasteiger partial charge in [0.1, 0.15) is 5.75 Å². The van der Waals surface area contributed by atoms with Crippen molar-refractivity contribution in [3.63, 3.8) is 0 Å². The van der Waals surface area contributed by atoms with E-state index in [1.54, 1.807) is 0 Å². The van der Waals surface area contributed by atoms with E-state index in [-0.39, 0.29) is 18.2 Å². The second-order valence-corrected chi connectivity index (χ2v) is 6.92. The van der Waals surface area contributed by atoms with Crippen molar-refractivity contribution in [2.75, 3.05) is 6.61 Å². The molecule has 3 rings (SSSR count). The van der Waals surface area contributed by atoms with E-state index in [1.807, 2.05) is 61.5 Å². The van der Waals surface area contributed by atoms with Crippen LogP contribution in [0.5, 0.6) is 5.75 Å². The van der Waals surface area contributed by atoms with Crippen LogP contribution in [0.25, 0.3) is 0 Å². The fourth-order valence-electron chi connectivity index (χ4n) is 2.91. The molecule has 132 valence electrons. The largest absolute Gasteiger partial charge is 0.494 e. The minimum absolute atomic E-state index is 0.0570. The highest BCUT2D eigenvalue weighted by atomic mass is 32.2. The summed E-state index contributed by atoms with van der Waals surface area (Å²) in [6.07, 6.45) is 0.284. The highest BCUT2D eigenvalue weighted by Gasteiger charge is 2.29. The molecule has 0 unspecified atom stereocenters. The van der Waals surface area contributed by atoms with Gasteiger partial charge < -0.3 is 10.1 Å². The van der Waals surface area contributed by atoms with Crippen LogP contribution in [0.2, 0.25) is 0 Å². The molecule has 0 radical (unpaired) electrons. The van der Waals surface area contributed by atoms with Crippen LogP contribution in [0.3, 0.4) is 0 Å². The molecule has 0 aromatic heterocycles. The fraction of sp³-hybridized carbons (Fsp3) is 0.238. The summed E-state index contributed by atoms with van der Waals surface area (Å²) in [6.45, 7) is 2.54. The zero-order valence-corrected chi connectivity index (χ0v) is 15.4. The molecule has 0 saturated carbocycles. The van der Waals surface area contributed by atoms with Crippen LogP contribution >= 0.6 is 11.8 Å². The molecule has 0 spiro atoms. The van der Waals surface area contributed by atoms with Gasteiger partial charge in [0.05, 0.1) is 23.3 Å². The molecule has 5 heteroatoms. The number of allylic oxidation sites excluding steroid dienone is 1. The van der Waals surface area contributed by atoms with E-state index in [9.17, 15) is 10.1 Å². The summed E-state index contributed by atoms with van der Waals surface area (Å²) in [5.74, 6) is 1.22. The Morgan fingerprint density at radius 2 is 1.92 bits per heavy atom. The van der Waals surface area contributed by atoms with E-state index in [1.165, 1.54) is 11.8 Å². The van der Waals surface area contributed by atoms with Gasteiger partial charge in [0.15, 0.2) is 0 Å². The minimum Gasteiger partial charge on any atom is -0.494 e. The van der Waals surface area contributed by atoms with E-state index >= 15 is 0 Å². The molecular formula is C21H20N2O2S. The van der Waals surface area contributed by atoms with Crippen molar-refractivity contribution in [2.24, 2.45) is 0 Å². The van der Waals surface area contributed by atoms with Gasteiger partial charge in [0.25, 0.3) is 0 Å². The Balaban J connectivity index is 1.84. The summed E-state index contributed by atoms with van der Waals surface area (Å²) in [4.78, 5) is 12.2. The van der Waals surface area contributed by atoms with Gasteiger partial charge in [0, 0.05) is 18.1 Å². The Morgan fingerprint density at radius 3 is 2.58 bits per heavy atom. The molecule has 2 aromatic carbocycles. The van der Waals surface area contributed by atoms with Crippen molar-refractivity contribution in [3.05, 3.63) is 76.3 Å². The summed E-state index contributed by atoms with van der Waals surface area (Å²) in [7, 11) is 0. The van der Waals surface area contributed by atoms with Gasteiger partial charge in [-0.25, -0.2) is 0 Å². The Hall–Kier alpha value is -2.71. The number of ether oxygens (including phenoxy) is 1. The minimum atomic E-state index is -0.220. The molecule has 1 amide bonds. The van der Waals surface area contributed by atoms with Crippen molar-refractivity contribution in [3.8, 4) is 11.8 Å². The van der Waals surface area contributed by atoms with Crippen molar-refractivity contribution >= 4 is 17.7 Å². The van der Waals surface area contributed by atoms with Gasteiger partial charge in [-0.05, 0) is 30.2 Å². The Kier molecular flexibility index (Phi) is 5.98. The third kappa shape index (κ3) is 4.27. The first-order valence-electron chi connectivity index (χ1n) is 8.55. The second kappa shape index (κ2) is 8.59. The molecule has 1 heterocycles. The number of nitrogens with one attached hydrogen (secondary N) is 1. The first-order chi connectivity index (χ1) is 12.7. The fourth-order valence-corrected chi connectivity index (χ4v) is 3.94. The smallest absolute Gasteiger partial charge is 0.225 e. The molecule has 2 aromatic rings. The number of rotatable bonds is 6. The van der Waals surface area contributed by atoms with Crippen LogP contribution in [-0.2, 0) is 10.5 Å². The third-order valence-electron chi connectivity index (χ3n) is 4.18. The number of carbonyl (C=O) groups is 1. The summed E-state index contributed by atoms with van der Waals surface area (Å²) >= 11 is 1.50. The van der Waals surface area contributed by atoms with Gasteiger partial charge in [-0.1, -0.05) is 42.5 Å². The van der Waals surface area contributed by atoms with Crippen molar-refractivity contribution in [1.82, 2.24) is 5.32 Å². The third-order valence-corrected chi connectivity index (χ3v) is 5.26. The lowest BCUT2D eigenvalue weighted by molar-refractivity contribution is -0.120. The van der Waals surface area contributed by atoms with Gasteiger partial charge in [-0.2, -0.15) is 5.26 Å². The van der Waals surface area contributed by atoms with Crippen LogP contribution in [0.4, 0.5) is 0 Å². The number of amides is 1.